The van der Waals surface area contributed by atoms with Crippen LogP contribution in [0.15, 0.2) is 91.0 Å². The summed E-state index contributed by atoms with van der Waals surface area (Å²) in [4.78, 5) is 20.3. The molecule has 0 aliphatic rings. The molecule has 0 aliphatic carbocycles. The molecule has 0 fully saturated rings. The average molecular weight is 538 g/mol. The van der Waals surface area contributed by atoms with E-state index in [9.17, 15) is 9.59 Å². The van der Waals surface area contributed by atoms with Crippen LogP contribution >= 0.6 is 0 Å². The van der Waals surface area contributed by atoms with Crippen molar-refractivity contribution in [2.45, 2.75) is 32.6 Å². The number of carboxylic acid groups (broad SMARTS) is 1. The van der Waals surface area contributed by atoms with Crippen LogP contribution in [-0.4, -0.2) is 43.9 Å². The van der Waals surface area contributed by atoms with E-state index in [4.69, 9.17) is 5.11 Å². The van der Waals surface area contributed by atoms with Gasteiger partial charge in [-0.1, -0.05) is 0 Å². The summed E-state index contributed by atoms with van der Waals surface area (Å²) in [5, 5.41) is 8.15. The zero-order valence-electron chi connectivity index (χ0n) is 18.6. The number of ether oxygens (including phenoxy) is 1. The molecule has 0 bridgehead atoms. The first kappa shape index (κ1) is 25.7. The van der Waals surface area contributed by atoms with Gasteiger partial charge in [-0.3, -0.25) is 9.59 Å². The fraction of sp³-hybridized carbons (Fsp3) is 0.259. The second-order valence-corrected chi connectivity index (χ2v) is 14.9. The first-order chi connectivity index (χ1) is 15.6. The number of benzene rings is 3. The fourth-order valence-corrected chi connectivity index (χ4v) is 11.4. The Kier molecular flexibility index (Phi) is 12.2. The zero-order chi connectivity index (χ0) is 23.0. The van der Waals surface area contributed by atoms with Gasteiger partial charge in [-0.2, -0.15) is 0 Å². The Balaban J connectivity index is 0.000000309. The van der Waals surface area contributed by atoms with Crippen LogP contribution in [0.1, 0.15) is 36.0 Å². The molecular formula is C27H31O4Sn. The molecule has 0 unspecified atom stereocenters. The summed E-state index contributed by atoms with van der Waals surface area (Å²) >= 11 is -1.56. The molecule has 3 aromatic carbocycles. The van der Waals surface area contributed by atoms with Crippen molar-refractivity contribution in [1.29, 1.82) is 0 Å². The van der Waals surface area contributed by atoms with E-state index in [1.807, 2.05) is 0 Å². The van der Waals surface area contributed by atoms with Gasteiger partial charge in [-0.05, 0) is 6.42 Å². The minimum atomic E-state index is -1.56. The van der Waals surface area contributed by atoms with Crippen LogP contribution in [-0.2, 0) is 27.6 Å². The SMILES string of the molecule is COC(=O)CCCC(=O)O.c1ccc([CH2][Sn]([CH2]c2ccccc2)[CH2]c2ccccc2)cc1. The molecule has 3 rings (SSSR count). The summed E-state index contributed by atoms with van der Waals surface area (Å²) in [5.74, 6) is -1.25. The number of carbonyl (C=O) groups excluding carboxylic acids is 1. The van der Waals surface area contributed by atoms with Crippen LogP contribution in [0.5, 0.6) is 0 Å². The van der Waals surface area contributed by atoms with Crippen molar-refractivity contribution in [3.05, 3.63) is 108 Å². The Hall–Kier alpha value is -2.60. The Morgan fingerprint density at radius 2 is 1.06 bits per heavy atom. The van der Waals surface area contributed by atoms with Crippen LogP contribution in [0.4, 0.5) is 0 Å². The number of esters is 1. The topological polar surface area (TPSA) is 63.6 Å². The van der Waals surface area contributed by atoms with E-state index in [0.29, 0.717) is 6.42 Å². The summed E-state index contributed by atoms with van der Waals surface area (Å²) in [6.45, 7) is 0. The Bertz CT molecular complexity index is 815. The molecule has 0 saturated carbocycles. The van der Waals surface area contributed by atoms with Gasteiger partial charge in [-0.15, -0.1) is 0 Å². The predicted octanol–water partition coefficient (Wildman–Crippen LogP) is 5.24. The molecule has 1 N–H and O–H groups in total. The van der Waals surface area contributed by atoms with E-state index in [1.54, 1.807) is 0 Å². The van der Waals surface area contributed by atoms with Crippen LogP contribution in [0.25, 0.3) is 0 Å². The van der Waals surface area contributed by atoms with E-state index < -0.39 is 25.7 Å². The van der Waals surface area contributed by atoms with E-state index in [1.165, 1.54) is 37.1 Å². The standard InChI is InChI=1S/3C7H7.C6H10O4.Sn/c3*1-7-5-3-2-4-6-7;1-10-6(9)4-2-3-5(7)8;/h3*2-6H,1H2;2-4H2,1H3,(H,7,8);. The minimum absolute atomic E-state index is 0.0229. The number of carbonyl (C=O) groups is 2. The first-order valence-electron chi connectivity index (χ1n) is 10.8. The maximum atomic E-state index is 10.4. The molecule has 0 spiro atoms. The molecule has 0 atom stereocenters. The summed E-state index contributed by atoms with van der Waals surface area (Å²) in [6.07, 6.45) is 0.555. The van der Waals surface area contributed by atoms with Crippen LogP contribution in [0, 0.1) is 0 Å². The first-order valence-corrected chi connectivity index (χ1v) is 16.9. The van der Waals surface area contributed by atoms with Crippen molar-refractivity contribution < 1.29 is 19.4 Å². The van der Waals surface area contributed by atoms with E-state index in [2.05, 4.69) is 95.7 Å². The van der Waals surface area contributed by atoms with Gasteiger partial charge < -0.3 is 9.84 Å². The van der Waals surface area contributed by atoms with Gasteiger partial charge in [0.1, 0.15) is 0 Å². The van der Waals surface area contributed by atoms with Gasteiger partial charge in [0.15, 0.2) is 0 Å². The Morgan fingerprint density at radius 3 is 1.38 bits per heavy atom. The third-order valence-corrected chi connectivity index (χ3v) is 12.7. The second-order valence-electron chi connectivity index (χ2n) is 7.56. The number of carboxylic acids is 1. The van der Waals surface area contributed by atoms with Crippen molar-refractivity contribution in [2.24, 2.45) is 0 Å². The molecule has 0 saturated heterocycles. The fourth-order valence-electron chi connectivity index (χ4n) is 3.33. The van der Waals surface area contributed by atoms with Crippen LogP contribution < -0.4 is 0 Å². The molecule has 5 heteroatoms. The normalized spacial score (nSPS) is 10.2. The van der Waals surface area contributed by atoms with Crippen molar-refractivity contribution in [2.75, 3.05) is 7.11 Å². The van der Waals surface area contributed by atoms with Gasteiger partial charge in [0.2, 0.25) is 0 Å². The van der Waals surface area contributed by atoms with Gasteiger partial charge in [0.25, 0.3) is 0 Å². The van der Waals surface area contributed by atoms with Crippen molar-refractivity contribution in [1.82, 2.24) is 0 Å². The molecule has 0 amide bonds. The Labute approximate surface area is 198 Å². The summed E-state index contributed by atoms with van der Waals surface area (Å²) in [6, 6.07) is 33.1. The molecule has 167 valence electrons. The second kappa shape index (κ2) is 15.2. The van der Waals surface area contributed by atoms with Crippen molar-refractivity contribution in [3.63, 3.8) is 0 Å². The zero-order valence-corrected chi connectivity index (χ0v) is 21.4. The molecule has 32 heavy (non-hydrogen) atoms. The van der Waals surface area contributed by atoms with Gasteiger partial charge in [-0.25, -0.2) is 0 Å². The molecule has 0 aliphatic heterocycles. The number of rotatable bonds is 10. The molecule has 1 radical (unpaired) electrons. The predicted molar refractivity (Wildman–Crippen MR) is 130 cm³/mol. The Morgan fingerprint density at radius 1 is 0.688 bits per heavy atom. The quantitative estimate of drug-likeness (QED) is 0.284. The van der Waals surface area contributed by atoms with Gasteiger partial charge >= 0.3 is 153 Å². The monoisotopic (exact) mass is 539 g/mol. The van der Waals surface area contributed by atoms with Crippen LogP contribution in [0.2, 0.25) is 0 Å². The molecule has 0 aromatic heterocycles. The van der Waals surface area contributed by atoms with E-state index in [-0.39, 0.29) is 18.8 Å². The van der Waals surface area contributed by atoms with Crippen LogP contribution in [0.3, 0.4) is 0 Å². The number of aliphatic carboxylic acids is 1. The van der Waals surface area contributed by atoms with E-state index >= 15 is 0 Å². The third-order valence-electron chi connectivity index (χ3n) is 4.89. The summed E-state index contributed by atoms with van der Waals surface area (Å²) in [5.41, 5.74) is 4.55. The molecule has 0 heterocycles. The van der Waals surface area contributed by atoms with Crippen molar-refractivity contribution >= 4 is 31.7 Å². The molecule has 3 aromatic rings. The van der Waals surface area contributed by atoms with Gasteiger partial charge in [0.05, 0.1) is 7.11 Å². The van der Waals surface area contributed by atoms with Crippen molar-refractivity contribution in [3.8, 4) is 0 Å². The summed E-state index contributed by atoms with van der Waals surface area (Å²) < 4.78 is 8.28. The van der Waals surface area contributed by atoms with Gasteiger partial charge in [0, 0.05) is 12.8 Å². The van der Waals surface area contributed by atoms with E-state index in [0.717, 1.165) is 0 Å². The number of methoxy groups -OCH3 is 1. The number of hydrogen-bond acceptors (Lipinski definition) is 3. The molecular weight excluding hydrogens is 507 g/mol. The molecule has 4 nitrogen and oxygen atoms in total. The number of hydrogen-bond donors (Lipinski definition) is 1. The maximum absolute atomic E-state index is 10.4. The third kappa shape index (κ3) is 11.1. The summed E-state index contributed by atoms with van der Waals surface area (Å²) in [7, 11) is 1.28. The average Bonchev–Trinajstić information content (AvgIpc) is 2.81.